The summed E-state index contributed by atoms with van der Waals surface area (Å²) in [6, 6.07) is 18.7. The zero-order valence-electron chi connectivity index (χ0n) is 19.5. The molecule has 0 unspecified atom stereocenters. The van der Waals surface area contributed by atoms with Crippen LogP contribution in [0.4, 0.5) is 0 Å². The second-order valence-corrected chi connectivity index (χ2v) is 7.97. The first-order chi connectivity index (χ1) is 16.9. The van der Waals surface area contributed by atoms with Crippen molar-refractivity contribution in [2.24, 2.45) is 0 Å². The Morgan fingerprint density at radius 2 is 1.57 bits per heavy atom. The molecule has 0 spiro atoms. The fourth-order valence-corrected chi connectivity index (χ4v) is 3.94. The first-order valence-electron chi connectivity index (χ1n) is 11.2. The van der Waals surface area contributed by atoms with E-state index in [1.165, 1.54) is 4.90 Å². The van der Waals surface area contributed by atoms with Crippen LogP contribution in [0.15, 0.2) is 66.7 Å². The Morgan fingerprint density at radius 3 is 2.23 bits per heavy atom. The Kier molecular flexibility index (Phi) is 6.91. The molecule has 0 fully saturated rings. The van der Waals surface area contributed by atoms with Crippen molar-refractivity contribution in [3.63, 3.8) is 0 Å². The molecular formula is C27H25N3O5. The molecule has 2 N–H and O–H groups in total. The van der Waals surface area contributed by atoms with Crippen molar-refractivity contribution in [3.05, 3.63) is 100 Å². The molecular weight excluding hydrogens is 446 g/mol. The molecule has 0 saturated heterocycles. The van der Waals surface area contributed by atoms with Gasteiger partial charge in [-0.25, -0.2) is 0 Å². The third-order valence-corrected chi connectivity index (χ3v) is 5.68. The summed E-state index contributed by atoms with van der Waals surface area (Å²) in [4.78, 5) is 51.6. The minimum Gasteiger partial charge on any atom is -0.493 e. The SMILES string of the molecule is CCOc1ccc(CN2C(=O)c3ccccc3C2=O)cc1C(=O)NCc1cccc(C(=O)NC)c1. The maximum atomic E-state index is 13.1. The Balaban J connectivity index is 1.52. The van der Waals surface area contributed by atoms with Gasteiger partial charge in [-0.1, -0.05) is 30.3 Å². The molecule has 4 rings (SSSR count). The van der Waals surface area contributed by atoms with Gasteiger partial charge < -0.3 is 15.4 Å². The van der Waals surface area contributed by atoms with Crippen LogP contribution < -0.4 is 15.4 Å². The highest BCUT2D eigenvalue weighted by Gasteiger charge is 2.35. The van der Waals surface area contributed by atoms with Gasteiger partial charge in [0.15, 0.2) is 0 Å². The summed E-state index contributed by atoms with van der Waals surface area (Å²) in [5, 5.41) is 5.43. The fourth-order valence-electron chi connectivity index (χ4n) is 3.94. The number of nitrogens with one attached hydrogen (secondary N) is 2. The number of hydrogen-bond acceptors (Lipinski definition) is 5. The first kappa shape index (κ1) is 23.7. The number of ether oxygens (including phenoxy) is 1. The molecule has 8 heteroatoms. The van der Waals surface area contributed by atoms with Crippen molar-refractivity contribution in [2.75, 3.05) is 13.7 Å². The number of nitrogens with zero attached hydrogens (tertiary/aromatic N) is 1. The van der Waals surface area contributed by atoms with Crippen LogP contribution in [0.5, 0.6) is 5.75 Å². The monoisotopic (exact) mass is 471 g/mol. The number of benzene rings is 3. The van der Waals surface area contributed by atoms with Crippen LogP contribution in [-0.4, -0.2) is 42.2 Å². The quantitative estimate of drug-likeness (QED) is 0.491. The third-order valence-electron chi connectivity index (χ3n) is 5.68. The van der Waals surface area contributed by atoms with Gasteiger partial charge in [0.05, 0.1) is 29.8 Å². The predicted molar refractivity (Wildman–Crippen MR) is 129 cm³/mol. The van der Waals surface area contributed by atoms with Gasteiger partial charge in [0.2, 0.25) is 0 Å². The van der Waals surface area contributed by atoms with Gasteiger partial charge in [0, 0.05) is 19.2 Å². The van der Waals surface area contributed by atoms with Gasteiger partial charge in [-0.2, -0.15) is 0 Å². The van der Waals surface area contributed by atoms with Crippen LogP contribution in [0.25, 0.3) is 0 Å². The van der Waals surface area contributed by atoms with Crippen molar-refractivity contribution in [1.82, 2.24) is 15.5 Å². The van der Waals surface area contributed by atoms with Crippen LogP contribution in [0.1, 0.15) is 59.5 Å². The highest BCUT2D eigenvalue weighted by atomic mass is 16.5. The molecule has 178 valence electrons. The molecule has 0 atom stereocenters. The summed E-state index contributed by atoms with van der Waals surface area (Å²) < 4.78 is 5.63. The van der Waals surface area contributed by atoms with Crippen molar-refractivity contribution in [3.8, 4) is 5.75 Å². The lowest BCUT2D eigenvalue weighted by atomic mass is 10.1. The lowest BCUT2D eigenvalue weighted by molar-refractivity contribution is 0.0642. The average molecular weight is 472 g/mol. The standard InChI is InChI=1S/C27H25N3O5/c1-3-35-23-12-11-18(16-30-26(33)20-9-4-5-10-21(20)27(30)34)14-22(23)25(32)29-15-17-7-6-8-19(13-17)24(31)28-2/h4-14H,3,15-16H2,1-2H3,(H,28,31)(H,29,32). The number of imide groups is 1. The van der Waals surface area contributed by atoms with Gasteiger partial charge in [0.25, 0.3) is 23.6 Å². The minimum absolute atomic E-state index is 0.0349. The van der Waals surface area contributed by atoms with E-state index < -0.39 is 0 Å². The highest BCUT2D eigenvalue weighted by molar-refractivity contribution is 6.21. The van der Waals surface area contributed by atoms with Gasteiger partial charge >= 0.3 is 0 Å². The molecule has 3 aromatic carbocycles. The van der Waals surface area contributed by atoms with Crippen LogP contribution in [0.3, 0.4) is 0 Å². The molecule has 0 aliphatic carbocycles. The van der Waals surface area contributed by atoms with Crippen molar-refractivity contribution >= 4 is 23.6 Å². The van der Waals surface area contributed by atoms with Crippen LogP contribution >= 0.6 is 0 Å². The molecule has 0 bridgehead atoms. The molecule has 35 heavy (non-hydrogen) atoms. The first-order valence-corrected chi connectivity index (χ1v) is 11.2. The summed E-state index contributed by atoms with van der Waals surface area (Å²) in [6.07, 6.45) is 0. The Morgan fingerprint density at radius 1 is 0.857 bits per heavy atom. The molecule has 0 saturated carbocycles. The molecule has 0 aromatic heterocycles. The van der Waals surface area contributed by atoms with E-state index in [1.807, 2.05) is 13.0 Å². The second kappa shape index (κ2) is 10.2. The molecule has 1 heterocycles. The lowest BCUT2D eigenvalue weighted by Gasteiger charge is -2.16. The van der Waals surface area contributed by atoms with E-state index in [0.29, 0.717) is 40.2 Å². The Hall–Kier alpha value is -4.46. The normalized spacial score (nSPS) is 12.3. The van der Waals surface area contributed by atoms with E-state index in [2.05, 4.69) is 10.6 Å². The van der Waals surface area contributed by atoms with E-state index in [9.17, 15) is 19.2 Å². The summed E-state index contributed by atoms with van der Waals surface area (Å²) in [5.41, 5.74) is 2.93. The molecule has 0 radical (unpaired) electrons. The van der Waals surface area contributed by atoms with Crippen LogP contribution in [0, 0.1) is 0 Å². The maximum Gasteiger partial charge on any atom is 0.261 e. The molecule has 3 aromatic rings. The zero-order valence-corrected chi connectivity index (χ0v) is 19.5. The van der Waals surface area contributed by atoms with Crippen molar-refractivity contribution in [2.45, 2.75) is 20.0 Å². The van der Waals surface area contributed by atoms with E-state index in [0.717, 1.165) is 5.56 Å². The predicted octanol–water partition coefficient (Wildman–Crippen LogP) is 3.17. The van der Waals surface area contributed by atoms with E-state index >= 15 is 0 Å². The molecule has 8 nitrogen and oxygen atoms in total. The van der Waals surface area contributed by atoms with E-state index in [4.69, 9.17) is 4.74 Å². The molecule has 1 aliphatic heterocycles. The number of hydrogen-bond donors (Lipinski definition) is 2. The molecule has 1 aliphatic rings. The highest BCUT2D eigenvalue weighted by Crippen LogP contribution is 2.26. The van der Waals surface area contributed by atoms with Crippen molar-refractivity contribution < 1.29 is 23.9 Å². The van der Waals surface area contributed by atoms with Crippen LogP contribution in [0.2, 0.25) is 0 Å². The largest absolute Gasteiger partial charge is 0.493 e. The smallest absolute Gasteiger partial charge is 0.261 e. The summed E-state index contributed by atoms with van der Waals surface area (Å²) in [6.45, 7) is 2.43. The number of carbonyl (C=O) groups is 4. The minimum atomic E-state index is -0.372. The second-order valence-electron chi connectivity index (χ2n) is 7.97. The summed E-state index contributed by atoms with van der Waals surface area (Å²) in [5.74, 6) is -0.904. The summed E-state index contributed by atoms with van der Waals surface area (Å²) in [7, 11) is 1.56. The zero-order chi connectivity index (χ0) is 24.9. The maximum absolute atomic E-state index is 13.1. The Bertz CT molecular complexity index is 1280. The van der Waals surface area contributed by atoms with E-state index in [1.54, 1.807) is 67.7 Å². The van der Waals surface area contributed by atoms with Gasteiger partial charge in [-0.15, -0.1) is 0 Å². The third kappa shape index (κ3) is 4.91. The fraction of sp³-hybridized carbons (Fsp3) is 0.185. The lowest BCUT2D eigenvalue weighted by Crippen LogP contribution is -2.29. The van der Waals surface area contributed by atoms with Gasteiger partial charge in [-0.3, -0.25) is 24.1 Å². The van der Waals surface area contributed by atoms with Crippen LogP contribution in [-0.2, 0) is 13.1 Å². The van der Waals surface area contributed by atoms with Crippen molar-refractivity contribution in [1.29, 1.82) is 0 Å². The number of rotatable bonds is 8. The van der Waals surface area contributed by atoms with Gasteiger partial charge in [-0.05, 0) is 54.4 Å². The molecule has 4 amide bonds. The summed E-state index contributed by atoms with van der Waals surface area (Å²) >= 11 is 0. The number of amides is 4. The average Bonchev–Trinajstić information content (AvgIpc) is 3.12. The van der Waals surface area contributed by atoms with Gasteiger partial charge in [0.1, 0.15) is 5.75 Å². The number of fused-ring (bicyclic) bond motifs is 1. The van der Waals surface area contributed by atoms with E-state index in [-0.39, 0.29) is 36.7 Å². The topological polar surface area (TPSA) is 105 Å². The number of carbonyl (C=O) groups excluding carboxylic acids is 4. The Labute approximate surface area is 202 Å².